The van der Waals surface area contributed by atoms with E-state index in [9.17, 15) is 9.59 Å². The first-order chi connectivity index (χ1) is 12.6. The van der Waals surface area contributed by atoms with E-state index >= 15 is 0 Å². The summed E-state index contributed by atoms with van der Waals surface area (Å²) in [5.74, 6) is 0.0305. The number of carbonyl (C=O) groups is 2. The molecular weight excluding hydrogens is 330 g/mol. The van der Waals surface area contributed by atoms with Crippen LogP contribution in [0.25, 0.3) is 0 Å². The number of amides is 2. The maximum Gasteiger partial charge on any atom is 0.245 e. The van der Waals surface area contributed by atoms with Crippen LogP contribution in [0.4, 0.5) is 0 Å². The first-order valence-corrected chi connectivity index (χ1v) is 9.52. The van der Waals surface area contributed by atoms with Crippen LogP contribution in [-0.2, 0) is 20.9 Å². The Kier molecular flexibility index (Phi) is 6.27. The van der Waals surface area contributed by atoms with Crippen LogP contribution in [-0.4, -0.2) is 66.5 Å². The average molecular weight is 359 g/mol. The molecular formula is C20H29N3O3. The van der Waals surface area contributed by atoms with Crippen LogP contribution in [0.2, 0.25) is 0 Å². The highest BCUT2D eigenvalue weighted by atomic mass is 16.5. The third kappa shape index (κ3) is 4.43. The summed E-state index contributed by atoms with van der Waals surface area (Å²) < 4.78 is 5.37. The van der Waals surface area contributed by atoms with Gasteiger partial charge in [-0.1, -0.05) is 30.3 Å². The molecule has 0 bridgehead atoms. The summed E-state index contributed by atoms with van der Waals surface area (Å²) in [6.07, 6.45) is 1.92. The molecule has 2 aliphatic heterocycles. The van der Waals surface area contributed by atoms with E-state index in [2.05, 4.69) is 10.2 Å². The monoisotopic (exact) mass is 359 g/mol. The van der Waals surface area contributed by atoms with Gasteiger partial charge in [0.05, 0.1) is 13.2 Å². The molecule has 1 aromatic carbocycles. The molecule has 2 fully saturated rings. The molecule has 0 aliphatic carbocycles. The number of morpholine rings is 1. The number of hydrogen-bond donors (Lipinski definition) is 1. The second kappa shape index (κ2) is 8.64. The minimum absolute atomic E-state index is 0.0569. The van der Waals surface area contributed by atoms with Gasteiger partial charge in [0, 0.05) is 39.1 Å². The van der Waals surface area contributed by atoms with Crippen molar-refractivity contribution in [2.75, 3.05) is 39.4 Å². The summed E-state index contributed by atoms with van der Waals surface area (Å²) in [7, 11) is 0. The molecule has 142 valence electrons. The maximum absolute atomic E-state index is 12.8. The maximum atomic E-state index is 12.8. The molecule has 1 N–H and O–H groups in total. The van der Waals surface area contributed by atoms with Crippen molar-refractivity contribution in [3.63, 3.8) is 0 Å². The first-order valence-electron chi connectivity index (χ1n) is 9.52. The van der Waals surface area contributed by atoms with Crippen molar-refractivity contribution in [3.8, 4) is 0 Å². The lowest BCUT2D eigenvalue weighted by Gasteiger charge is -2.35. The number of likely N-dealkylation sites (tertiary alicyclic amines) is 1. The van der Waals surface area contributed by atoms with E-state index < -0.39 is 5.54 Å². The summed E-state index contributed by atoms with van der Waals surface area (Å²) in [5, 5.41) is 3.01. The van der Waals surface area contributed by atoms with E-state index in [1.54, 1.807) is 4.90 Å². The van der Waals surface area contributed by atoms with Gasteiger partial charge in [0.25, 0.3) is 0 Å². The number of benzene rings is 1. The largest absolute Gasteiger partial charge is 0.379 e. The van der Waals surface area contributed by atoms with E-state index in [0.29, 0.717) is 25.9 Å². The van der Waals surface area contributed by atoms with Crippen LogP contribution in [0.5, 0.6) is 0 Å². The molecule has 0 saturated carbocycles. The highest BCUT2D eigenvalue weighted by Crippen LogP contribution is 2.30. The summed E-state index contributed by atoms with van der Waals surface area (Å²) >= 11 is 0. The summed E-state index contributed by atoms with van der Waals surface area (Å²) in [6.45, 7) is 7.41. The standard InChI is InChI=1S/C20H29N3O3/c1-20(19(25)21-16-17-6-3-2-4-7-17)9-8-18(24)23(20)11-5-10-22-12-14-26-15-13-22/h2-4,6-7H,5,8-16H2,1H3,(H,21,25). The van der Waals surface area contributed by atoms with Crippen LogP contribution in [0.3, 0.4) is 0 Å². The fraction of sp³-hybridized carbons (Fsp3) is 0.600. The van der Waals surface area contributed by atoms with Crippen LogP contribution in [0.1, 0.15) is 31.7 Å². The van der Waals surface area contributed by atoms with E-state index in [-0.39, 0.29) is 11.8 Å². The van der Waals surface area contributed by atoms with Gasteiger partial charge in [-0.25, -0.2) is 0 Å². The van der Waals surface area contributed by atoms with Crippen molar-refractivity contribution in [2.45, 2.75) is 38.3 Å². The molecule has 1 atom stereocenters. The fourth-order valence-corrected chi connectivity index (χ4v) is 3.75. The van der Waals surface area contributed by atoms with Gasteiger partial charge in [-0.3, -0.25) is 14.5 Å². The highest BCUT2D eigenvalue weighted by molar-refractivity contribution is 5.94. The van der Waals surface area contributed by atoms with Gasteiger partial charge in [-0.2, -0.15) is 0 Å². The average Bonchev–Trinajstić information content (AvgIpc) is 2.97. The minimum Gasteiger partial charge on any atom is -0.379 e. The van der Waals surface area contributed by atoms with Gasteiger partial charge in [0.15, 0.2) is 0 Å². The molecule has 3 rings (SSSR count). The smallest absolute Gasteiger partial charge is 0.245 e. The SMILES string of the molecule is CC1(C(=O)NCc2ccccc2)CCC(=O)N1CCCN1CCOCC1. The Morgan fingerprint density at radius 2 is 1.92 bits per heavy atom. The Hall–Kier alpha value is -1.92. The Bertz CT molecular complexity index is 616. The lowest BCUT2D eigenvalue weighted by molar-refractivity contribution is -0.140. The van der Waals surface area contributed by atoms with E-state index in [0.717, 1.165) is 44.8 Å². The molecule has 6 nitrogen and oxygen atoms in total. The van der Waals surface area contributed by atoms with Gasteiger partial charge in [-0.05, 0) is 25.3 Å². The van der Waals surface area contributed by atoms with E-state index in [1.807, 2.05) is 37.3 Å². The third-order valence-electron chi connectivity index (χ3n) is 5.47. The van der Waals surface area contributed by atoms with E-state index in [4.69, 9.17) is 4.74 Å². The number of hydrogen-bond acceptors (Lipinski definition) is 4. The molecule has 0 aromatic heterocycles. The van der Waals surface area contributed by atoms with Crippen molar-refractivity contribution < 1.29 is 14.3 Å². The Morgan fingerprint density at radius 1 is 1.19 bits per heavy atom. The number of nitrogens with zero attached hydrogens (tertiary/aromatic N) is 2. The molecule has 0 radical (unpaired) electrons. The first kappa shape index (κ1) is 18.9. The topological polar surface area (TPSA) is 61.9 Å². The van der Waals surface area contributed by atoms with Gasteiger partial charge < -0.3 is 15.0 Å². The van der Waals surface area contributed by atoms with Crippen LogP contribution < -0.4 is 5.32 Å². The third-order valence-corrected chi connectivity index (χ3v) is 5.47. The van der Waals surface area contributed by atoms with Gasteiger partial charge in [0.2, 0.25) is 11.8 Å². The molecule has 26 heavy (non-hydrogen) atoms. The lowest BCUT2D eigenvalue weighted by atomic mass is 9.97. The quantitative estimate of drug-likeness (QED) is 0.800. The van der Waals surface area contributed by atoms with Crippen LogP contribution in [0.15, 0.2) is 30.3 Å². The van der Waals surface area contributed by atoms with E-state index in [1.165, 1.54) is 0 Å². The van der Waals surface area contributed by atoms with Crippen molar-refractivity contribution in [3.05, 3.63) is 35.9 Å². The Morgan fingerprint density at radius 3 is 2.65 bits per heavy atom. The molecule has 6 heteroatoms. The molecule has 2 saturated heterocycles. The van der Waals surface area contributed by atoms with Crippen molar-refractivity contribution in [2.24, 2.45) is 0 Å². The van der Waals surface area contributed by atoms with Crippen molar-refractivity contribution in [1.82, 2.24) is 15.1 Å². The molecule has 2 aliphatic rings. The number of rotatable bonds is 7. The molecule has 2 heterocycles. The second-order valence-corrected chi connectivity index (χ2v) is 7.30. The van der Waals surface area contributed by atoms with Crippen LogP contribution >= 0.6 is 0 Å². The van der Waals surface area contributed by atoms with Gasteiger partial charge in [-0.15, -0.1) is 0 Å². The zero-order valence-electron chi connectivity index (χ0n) is 15.6. The number of ether oxygens (including phenoxy) is 1. The Labute approximate surface area is 155 Å². The summed E-state index contributed by atoms with van der Waals surface area (Å²) in [5.41, 5.74) is 0.323. The fourth-order valence-electron chi connectivity index (χ4n) is 3.75. The normalized spacial score (nSPS) is 24.0. The zero-order valence-corrected chi connectivity index (χ0v) is 15.6. The Balaban J connectivity index is 1.53. The zero-order chi connectivity index (χ0) is 18.4. The summed E-state index contributed by atoms with van der Waals surface area (Å²) in [4.78, 5) is 29.3. The van der Waals surface area contributed by atoms with Crippen LogP contribution in [0, 0.1) is 0 Å². The summed E-state index contributed by atoms with van der Waals surface area (Å²) in [6, 6.07) is 9.85. The van der Waals surface area contributed by atoms with Crippen molar-refractivity contribution in [1.29, 1.82) is 0 Å². The predicted molar refractivity (Wildman–Crippen MR) is 99.5 cm³/mol. The molecule has 0 spiro atoms. The lowest BCUT2D eigenvalue weighted by Crippen LogP contribution is -2.54. The van der Waals surface area contributed by atoms with Gasteiger partial charge >= 0.3 is 0 Å². The van der Waals surface area contributed by atoms with Crippen molar-refractivity contribution >= 4 is 11.8 Å². The second-order valence-electron chi connectivity index (χ2n) is 7.30. The molecule has 2 amide bonds. The number of nitrogens with one attached hydrogen (secondary N) is 1. The minimum atomic E-state index is -0.739. The van der Waals surface area contributed by atoms with Gasteiger partial charge in [0.1, 0.15) is 5.54 Å². The highest BCUT2D eigenvalue weighted by Gasteiger charge is 2.46. The molecule has 1 aromatic rings. The number of carbonyl (C=O) groups excluding carboxylic acids is 2. The molecule has 1 unspecified atom stereocenters. The predicted octanol–water partition coefficient (Wildman–Crippen LogP) is 1.41.